The van der Waals surface area contributed by atoms with E-state index in [1.807, 2.05) is 20.8 Å². The van der Waals surface area contributed by atoms with E-state index in [4.69, 9.17) is 9.47 Å². The number of benzene rings is 2. The van der Waals surface area contributed by atoms with E-state index in [9.17, 15) is 18.0 Å². The minimum atomic E-state index is -3.39. The molecule has 10 heteroatoms. The summed E-state index contributed by atoms with van der Waals surface area (Å²) in [6, 6.07) is 9.77. The van der Waals surface area contributed by atoms with E-state index in [-0.39, 0.29) is 17.7 Å². The minimum absolute atomic E-state index is 0.213. The number of anilines is 2. The van der Waals surface area contributed by atoms with E-state index in [0.29, 0.717) is 40.6 Å². The largest absolute Gasteiger partial charge is 0.496 e. The summed E-state index contributed by atoms with van der Waals surface area (Å²) in [5, 5.41) is 2.71. The Kier molecular flexibility index (Phi) is 7.44. The third-order valence-corrected chi connectivity index (χ3v) is 6.03. The number of methoxy groups -OCH3 is 2. The molecule has 2 aromatic rings. The molecular weight excluding hydrogens is 470 g/mol. The van der Waals surface area contributed by atoms with Crippen molar-refractivity contribution in [2.75, 3.05) is 36.6 Å². The Bertz CT molecular complexity index is 1250. The summed E-state index contributed by atoms with van der Waals surface area (Å²) in [6.07, 6.45) is 3.06. The number of rotatable bonds is 7. The second kappa shape index (κ2) is 9.99. The third-order valence-electron chi connectivity index (χ3n) is 5.42. The lowest BCUT2D eigenvalue weighted by atomic mass is 9.84. The molecule has 0 saturated carbocycles. The van der Waals surface area contributed by atoms with E-state index < -0.39 is 16.1 Å². The fraction of sp³-hybridized carbons (Fsp3) is 0.360. The number of nitrogens with zero attached hydrogens (tertiary/aromatic N) is 1. The number of carbonyl (C=O) groups is 2. The molecule has 1 saturated heterocycles. The molecule has 188 valence electrons. The molecule has 9 nitrogen and oxygen atoms in total. The summed E-state index contributed by atoms with van der Waals surface area (Å²) in [5.74, 6) is 0.798. The number of hydrogen-bond donors (Lipinski definition) is 2. The van der Waals surface area contributed by atoms with Gasteiger partial charge in [0, 0.05) is 35.3 Å². The van der Waals surface area contributed by atoms with Crippen molar-refractivity contribution in [3.8, 4) is 5.75 Å². The van der Waals surface area contributed by atoms with Crippen molar-refractivity contribution in [1.82, 2.24) is 5.32 Å². The summed E-state index contributed by atoms with van der Waals surface area (Å²) in [6.45, 7) is 6.36. The molecule has 0 atom stereocenters. The maximum absolute atomic E-state index is 12.6. The first-order valence-electron chi connectivity index (χ1n) is 11.0. The van der Waals surface area contributed by atoms with Crippen LogP contribution in [0.3, 0.4) is 0 Å². The Morgan fingerprint density at radius 3 is 2.29 bits per heavy atom. The lowest BCUT2D eigenvalue weighted by molar-refractivity contribution is -0.118. The first kappa shape index (κ1) is 26.1. The fourth-order valence-corrected chi connectivity index (χ4v) is 4.38. The summed E-state index contributed by atoms with van der Waals surface area (Å²) in [5.41, 5.74) is 2.64. The highest BCUT2D eigenvalue weighted by atomic mass is 32.2. The zero-order chi connectivity index (χ0) is 26.0. The zero-order valence-electron chi connectivity index (χ0n) is 20.8. The quantitative estimate of drug-likeness (QED) is 0.439. The predicted molar refractivity (Wildman–Crippen MR) is 137 cm³/mol. The molecule has 0 aromatic heterocycles. The maximum Gasteiger partial charge on any atom is 0.328 e. The van der Waals surface area contributed by atoms with Gasteiger partial charge in [0.05, 0.1) is 26.2 Å². The summed E-state index contributed by atoms with van der Waals surface area (Å²) >= 11 is 0. The van der Waals surface area contributed by atoms with Gasteiger partial charge in [-0.15, -0.1) is 0 Å². The molecule has 1 heterocycles. The van der Waals surface area contributed by atoms with Gasteiger partial charge in [-0.05, 0) is 47.9 Å². The molecule has 0 spiro atoms. The molecule has 0 radical (unpaired) electrons. The molecular formula is C25H31N3O6S. The highest BCUT2D eigenvalue weighted by Gasteiger charge is 2.30. The van der Waals surface area contributed by atoms with E-state index in [1.165, 1.54) is 7.11 Å². The van der Waals surface area contributed by atoms with Crippen LogP contribution in [0, 0.1) is 0 Å². The average molecular weight is 502 g/mol. The van der Waals surface area contributed by atoms with Crippen LogP contribution in [0.25, 0.3) is 11.8 Å². The normalized spacial score (nSPS) is 15.0. The molecule has 1 aliphatic rings. The van der Waals surface area contributed by atoms with Gasteiger partial charge >= 0.3 is 6.03 Å². The Hall–Kier alpha value is -3.53. The molecule has 2 aromatic carbocycles. The predicted octanol–water partition coefficient (Wildman–Crippen LogP) is 3.96. The van der Waals surface area contributed by atoms with E-state index >= 15 is 0 Å². The first-order valence-corrected chi connectivity index (χ1v) is 12.9. The van der Waals surface area contributed by atoms with Crippen molar-refractivity contribution in [2.45, 2.75) is 32.6 Å². The van der Waals surface area contributed by atoms with Gasteiger partial charge in [-0.3, -0.25) is 9.52 Å². The topological polar surface area (TPSA) is 114 Å². The second-order valence-electron chi connectivity index (χ2n) is 9.24. The molecule has 3 rings (SSSR count). The Morgan fingerprint density at radius 1 is 1.11 bits per heavy atom. The van der Waals surface area contributed by atoms with Crippen LogP contribution in [0.15, 0.2) is 36.4 Å². The summed E-state index contributed by atoms with van der Waals surface area (Å²) in [4.78, 5) is 26.3. The Morgan fingerprint density at radius 2 is 1.77 bits per heavy atom. The SMILES string of the molecule is COC(=Cc1cc(N2C(=O)CCNC2=O)cc(C(C)(C)C)c1OC)c1ccc(NS(C)(=O)=O)cc1. The van der Waals surface area contributed by atoms with Crippen LogP contribution in [0.1, 0.15) is 43.9 Å². The van der Waals surface area contributed by atoms with Gasteiger partial charge in [-0.1, -0.05) is 20.8 Å². The van der Waals surface area contributed by atoms with Gasteiger partial charge in [0.25, 0.3) is 0 Å². The van der Waals surface area contributed by atoms with Gasteiger partial charge in [0.1, 0.15) is 11.5 Å². The van der Waals surface area contributed by atoms with Crippen molar-refractivity contribution in [3.05, 3.63) is 53.1 Å². The smallest absolute Gasteiger partial charge is 0.328 e. The summed E-state index contributed by atoms with van der Waals surface area (Å²) in [7, 11) is -0.301. The van der Waals surface area contributed by atoms with Crippen LogP contribution < -0.4 is 19.7 Å². The summed E-state index contributed by atoms with van der Waals surface area (Å²) < 4.78 is 36.8. The van der Waals surface area contributed by atoms with Gasteiger partial charge in [-0.25, -0.2) is 18.1 Å². The molecule has 0 aliphatic carbocycles. The Labute approximate surface area is 206 Å². The van der Waals surface area contributed by atoms with Crippen molar-refractivity contribution < 1.29 is 27.5 Å². The molecule has 0 unspecified atom stereocenters. The second-order valence-corrected chi connectivity index (χ2v) is 11.0. The third kappa shape index (κ3) is 6.13. The van der Waals surface area contributed by atoms with Crippen LogP contribution >= 0.6 is 0 Å². The van der Waals surface area contributed by atoms with Crippen molar-refractivity contribution in [1.29, 1.82) is 0 Å². The molecule has 1 aliphatic heterocycles. The van der Waals surface area contributed by atoms with Crippen molar-refractivity contribution in [2.24, 2.45) is 0 Å². The van der Waals surface area contributed by atoms with Crippen molar-refractivity contribution >= 4 is 45.2 Å². The van der Waals surface area contributed by atoms with Gasteiger partial charge < -0.3 is 14.8 Å². The van der Waals surface area contributed by atoms with Crippen LogP contribution in [0.4, 0.5) is 16.2 Å². The number of sulfonamides is 1. The van der Waals surface area contributed by atoms with E-state index in [0.717, 1.165) is 16.7 Å². The number of amides is 3. The maximum atomic E-state index is 12.6. The van der Waals surface area contributed by atoms with E-state index in [2.05, 4.69) is 10.0 Å². The van der Waals surface area contributed by atoms with Gasteiger partial charge in [0.15, 0.2) is 0 Å². The average Bonchev–Trinajstić information content (AvgIpc) is 2.76. The minimum Gasteiger partial charge on any atom is -0.496 e. The number of ether oxygens (including phenoxy) is 2. The number of hydrogen-bond acceptors (Lipinski definition) is 6. The molecule has 35 heavy (non-hydrogen) atoms. The van der Waals surface area contributed by atoms with Gasteiger partial charge in [0.2, 0.25) is 15.9 Å². The van der Waals surface area contributed by atoms with Crippen LogP contribution in [-0.4, -0.2) is 47.4 Å². The standard InChI is InChI=1S/C25H31N3O6S/c1-25(2,3)20-15-19(28-22(29)11-12-26-24(28)30)13-17(23(20)34-5)14-21(33-4)16-7-9-18(10-8-16)27-35(6,31)32/h7-10,13-15,27H,11-12H2,1-6H3,(H,26,30). The van der Waals surface area contributed by atoms with Crippen LogP contribution in [0.2, 0.25) is 0 Å². The number of imide groups is 1. The Balaban J connectivity index is 2.15. The fourth-order valence-electron chi connectivity index (χ4n) is 3.82. The highest BCUT2D eigenvalue weighted by Crippen LogP contribution is 2.40. The highest BCUT2D eigenvalue weighted by molar-refractivity contribution is 7.92. The van der Waals surface area contributed by atoms with Crippen molar-refractivity contribution in [3.63, 3.8) is 0 Å². The number of carbonyl (C=O) groups excluding carboxylic acids is 2. The zero-order valence-corrected chi connectivity index (χ0v) is 21.6. The van der Waals surface area contributed by atoms with E-state index in [1.54, 1.807) is 49.6 Å². The molecule has 0 bridgehead atoms. The molecule has 2 N–H and O–H groups in total. The number of urea groups is 1. The molecule has 1 fully saturated rings. The van der Waals surface area contributed by atoms with Crippen LogP contribution in [0.5, 0.6) is 5.75 Å². The first-order chi connectivity index (χ1) is 16.3. The van der Waals surface area contributed by atoms with Crippen LogP contribution in [-0.2, 0) is 25.0 Å². The number of nitrogens with one attached hydrogen (secondary N) is 2. The monoisotopic (exact) mass is 501 g/mol. The molecule has 3 amide bonds. The van der Waals surface area contributed by atoms with Gasteiger partial charge in [-0.2, -0.15) is 0 Å². The lowest BCUT2D eigenvalue weighted by Crippen LogP contribution is -2.50. The lowest BCUT2D eigenvalue weighted by Gasteiger charge is -2.29.